The number of anilines is 2. The van der Waals surface area contributed by atoms with Crippen LogP contribution in [-0.2, 0) is 0 Å². The summed E-state index contributed by atoms with van der Waals surface area (Å²) in [5, 5.41) is 5.30. The van der Waals surface area contributed by atoms with Gasteiger partial charge in [-0.3, -0.25) is 9.59 Å². The van der Waals surface area contributed by atoms with Gasteiger partial charge in [0.2, 0.25) is 0 Å². The maximum Gasteiger partial charge on any atom is 0.255 e. The minimum Gasteiger partial charge on any atom is -0.494 e. The molecular weight excluding hydrogens is 394 g/mol. The molecule has 0 atom stereocenters. The summed E-state index contributed by atoms with van der Waals surface area (Å²) in [5.74, 6) is -2.71. The molecule has 0 unspecified atom stereocenters. The first-order valence-electron chi connectivity index (χ1n) is 8.81. The van der Waals surface area contributed by atoms with Crippen molar-refractivity contribution >= 4 is 23.2 Å². The first-order valence-corrected chi connectivity index (χ1v) is 8.81. The average molecular weight is 412 g/mol. The van der Waals surface area contributed by atoms with Gasteiger partial charge in [-0.05, 0) is 30.3 Å². The molecule has 0 bridgehead atoms. The lowest BCUT2D eigenvalue weighted by molar-refractivity contribution is 0.101. The summed E-state index contributed by atoms with van der Waals surface area (Å²) in [6, 6.07) is 14.4. The number of amides is 2. The van der Waals surface area contributed by atoms with Crippen molar-refractivity contribution in [3.05, 3.63) is 83.4 Å². The molecule has 2 N–H and O–H groups in total. The second-order valence-electron chi connectivity index (χ2n) is 6.16. The van der Waals surface area contributed by atoms with E-state index in [2.05, 4.69) is 10.6 Å². The number of carbonyl (C=O) groups excluding carboxylic acids is 2. The number of methoxy groups -OCH3 is 2. The highest BCUT2D eigenvalue weighted by Crippen LogP contribution is 2.37. The van der Waals surface area contributed by atoms with Crippen LogP contribution in [0.25, 0.3) is 0 Å². The highest BCUT2D eigenvalue weighted by atomic mass is 19.2. The summed E-state index contributed by atoms with van der Waals surface area (Å²) in [5.41, 5.74) is 0.932. The van der Waals surface area contributed by atoms with Crippen LogP contribution in [0.2, 0.25) is 0 Å². The van der Waals surface area contributed by atoms with Crippen LogP contribution in [0.1, 0.15) is 20.7 Å². The minimum atomic E-state index is -1.13. The first kappa shape index (κ1) is 20.8. The van der Waals surface area contributed by atoms with Crippen LogP contribution in [0.5, 0.6) is 11.5 Å². The molecule has 0 fully saturated rings. The second-order valence-corrected chi connectivity index (χ2v) is 6.16. The first-order chi connectivity index (χ1) is 14.4. The third-order valence-electron chi connectivity index (χ3n) is 4.24. The molecule has 3 rings (SSSR count). The third-order valence-corrected chi connectivity index (χ3v) is 4.24. The van der Waals surface area contributed by atoms with Gasteiger partial charge in [0, 0.05) is 23.3 Å². The van der Waals surface area contributed by atoms with Crippen molar-refractivity contribution in [3.63, 3.8) is 0 Å². The lowest BCUT2D eigenvalue weighted by Crippen LogP contribution is -2.15. The van der Waals surface area contributed by atoms with Crippen molar-refractivity contribution in [1.82, 2.24) is 0 Å². The predicted octanol–water partition coefficient (Wildman–Crippen LogP) is 4.49. The number of hydrogen-bond acceptors (Lipinski definition) is 4. The highest BCUT2D eigenvalue weighted by molar-refractivity contribution is 6.07. The van der Waals surface area contributed by atoms with Crippen LogP contribution >= 0.6 is 0 Å². The van der Waals surface area contributed by atoms with E-state index in [-0.39, 0.29) is 28.7 Å². The Kier molecular flexibility index (Phi) is 6.26. The molecule has 6 nitrogen and oxygen atoms in total. The molecule has 2 amide bonds. The fourth-order valence-electron chi connectivity index (χ4n) is 2.71. The number of hydrogen-bond donors (Lipinski definition) is 2. The van der Waals surface area contributed by atoms with Crippen molar-refractivity contribution in [2.24, 2.45) is 0 Å². The van der Waals surface area contributed by atoms with Gasteiger partial charge >= 0.3 is 0 Å². The van der Waals surface area contributed by atoms with Crippen LogP contribution < -0.4 is 20.1 Å². The third kappa shape index (κ3) is 4.54. The highest BCUT2D eigenvalue weighted by Gasteiger charge is 2.17. The second kappa shape index (κ2) is 9.04. The summed E-state index contributed by atoms with van der Waals surface area (Å²) in [4.78, 5) is 24.9. The molecule has 0 aromatic heterocycles. The van der Waals surface area contributed by atoms with Gasteiger partial charge in [-0.15, -0.1) is 0 Å². The topological polar surface area (TPSA) is 76.7 Å². The molecule has 8 heteroatoms. The van der Waals surface area contributed by atoms with Crippen molar-refractivity contribution in [1.29, 1.82) is 0 Å². The van der Waals surface area contributed by atoms with Crippen LogP contribution in [0.15, 0.2) is 60.7 Å². The number of ether oxygens (including phenoxy) is 2. The molecule has 0 saturated carbocycles. The molecule has 30 heavy (non-hydrogen) atoms. The van der Waals surface area contributed by atoms with Gasteiger partial charge in [0.25, 0.3) is 11.8 Å². The largest absolute Gasteiger partial charge is 0.494 e. The Hall–Kier alpha value is -3.94. The smallest absolute Gasteiger partial charge is 0.255 e. The fourth-order valence-corrected chi connectivity index (χ4v) is 2.71. The Labute approximate surface area is 171 Å². The molecule has 0 saturated heterocycles. The van der Waals surface area contributed by atoms with E-state index in [9.17, 15) is 18.4 Å². The standard InChI is InChI=1S/C22H18F2N2O4/c1-29-19-12-18(26-22(28)14-8-9-15(23)16(24)10-14)20(30-2)11-17(19)25-21(27)13-6-4-3-5-7-13/h3-12H,1-2H3,(H,25,27)(H,26,28). The van der Waals surface area contributed by atoms with E-state index in [4.69, 9.17) is 9.47 Å². The fraction of sp³-hybridized carbons (Fsp3) is 0.0909. The molecule has 0 radical (unpaired) electrons. The molecule has 154 valence electrons. The van der Waals surface area contributed by atoms with Gasteiger partial charge in [-0.1, -0.05) is 18.2 Å². The quantitative estimate of drug-likeness (QED) is 0.626. The van der Waals surface area contributed by atoms with Crippen molar-refractivity contribution in [2.75, 3.05) is 24.9 Å². The predicted molar refractivity (Wildman–Crippen MR) is 108 cm³/mol. The number of nitrogens with one attached hydrogen (secondary N) is 2. The number of halogens is 2. The average Bonchev–Trinajstić information content (AvgIpc) is 2.76. The summed E-state index contributed by atoms with van der Waals surface area (Å²) >= 11 is 0. The summed E-state index contributed by atoms with van der Waals surface area (Å²) in [6.45, 7) is 0. The van der Waals surface area contributed by atoms with Gasteiger partial charge < -0.3 is 20.1 Å². The molecule has 3 aromatic carbocycles. The molecule has 0 aliphatic rings. The van der Waals surface area contributed by atoms with Gasteiger partial charge in [0.1, 0.15) is 11.5 Å². The molecule has 0 aliphatic carbocycles. The van der Waals surface area contributed by atoms with Gasteiger partial charge in [-0.25, -0.2) is 8.78 Å². The Balaban J connectivity index is 1.88. The molecule has 3 aromatic rings. The van der Waals surface area contributed by atoms with E-state index in [1.165, 1.54) is 26.4 Å². The number of benzene rings is 3. The van der Waals surface area contributed by atoms with E-state index >= 15 is 0 Å². The van der Waals surface area contributed by atoms with Crippen molar-refractivity contribution in [3.8, 4) is 11.5 Å². The molecule has 0 aliphatic heterocycles. The maximum atomic E-state index is 13.4. The van der Waals surface area contributed by atoms with Crippen molar-refractivity contribution < 1.29 is 27.8 Å². The summed E-state index contributed by atoms with van der Waals surface area (Å²) in [7, 11) is 2.79. The minimum absolute atomic E-state index is 0.0728. The van der Waals surface area contributed by atoms with E-state index in [1.54, 1.807) is 30.3 Å². The molecule has 0 heterocycles. The maximum absolute atomic E-state index is 13.4. The summed E-state index contributed by atoms with van der Waals surface area (Å²) in [6.07, 6.45) is 0. The zero-order valence-electron chi connectivity index (χ0n) is 16.2. The van der Waals surface area contributed by atoms with Gasteiger partial charge in [-0.2, -0.15) is 0 Å². The van der Waals surface area contributed by atoms with E-state index in [0.717, 1.165) is 18.2 Å². The Morgan fingerprint density at radius 1 is 0.700 bits per heavy atom. The van der Waals surface area contributed by atoms with E-state index in [0.29, 0.717) is 11.3 Å². The van der Waals surface area contributed by atoms with Gasteiger partial charge in [0.15, 0.2) is 11.6 Å². The normalized spacial score (nSPS) is 10.3. The zero-order valence-corrected chi connectivity index (χ0v) is 16.2. The molecule has 0 spiro atoms. The van der Waals surface area contributed by atoms with Crippen LogP contribution in [0.4, 0.5) is 20.2 Å². The molecular formula is C22H18F2N2O4. The van der Waals surface area contributed by atoms with Crippen molar-refractivity contribution in [2.45, 2.75) is 0 Å². The number of rotatable bonds is 6. The lowest BCUT2D eigenvalue weighted by Gasteiger charge is -2.16. The van der Waals surface area contributed by atoms with Crippen LogP contribution in [0, 0.1) is 11.6 Å². The monoisotopic (exact) mass is 412 g/mol. The zero-order chi connectivity index (χ0) is 21.7. The SMILES string of the molecule is COc1cc(NC(=O)c2ccc(F)c(F)c2)c(OC)cc1NC(=O)c1ccccc1. The Bertz CT molecular complexity index is 1090. The lowest BCUT2D eigenvalue weighted by atomic mass is 10.1. The Morgan fingerprint density at radius 2 is 1.23 bits per heavy atom. The van der Waals surface area contributed by atoms with Gasteiger partial charge in [0.05, 0.1) is 25.6 Å². The Morgan fingerprint density at radius 3 is 1.73 bits per heavy atom. The number of carbonyl (C=O) groups is 2. The van der Waals surface area contributed by atoms with E-state index in [1.807, 2.05) is 0 Å². The van der Waals surface area contributed by atoms with E-state index < -0.39 is 17.5 Å². The van der Waals surface area contributed by atoms with Crippen LogP contribution in [0.3, 0.4) is 0 Å². The van der Waals surface area contributed by atoms with Crippen LogP contribution in [-0.4, -0.2) is 26.0 Å². The summed E-state index contributed by atoms with van der Waals surface area (Å²) < 4.78 is 37.1.